The number of rotatable bonds is 9. The first-order chi connectivity index (χ1) is 14.6. The predicted octanol–water partition coefficient (Wildman–Crippen LogP) is 4.59. The number of amides is 1. The summed E-state index contributed by atoms with van der Waals surface area (Å²) in [4.78, 5) is 12.4. The molecule has 7 heteroatoms. The molecule has 162 valence electrons. The quantitative estimate of drug-likeness (QED) is 0.359. The van der Waals surface area contributed by atoms with Crippen molar-refractivity contribution in [1.82, 2.24) is 20.1 Å². The van der Waals surface area contributed by atoms with E-state index in [1.165, 1.54) is 43.0 Å². The number of carbonyl (C=O) groups excluding carboxylic acids is 1. The van der Waals surface area contributed by atoms with Crippen LogP contribution in [0.1, 0.15) is 55.5 Å². The Morgan fingerprint density at radius 3 is 2.73 bits per heavy atom. The number of aromatic nitrogens is 3. The smallest absolute Gasteiger partial charge is 0.230 e. The molecule has 0 aliphatic heterocycles. The molecule has 0 bridgehead atoms. The van der Waals surface area contributed by atoms with Crippen LogP contribution in [0.2, 0.25) is 0 Å². The van der Waals surface area contributed by atoms with Crippen molar-refractivity contribution in [3.05, 3.63) is 47.8 Å². The van der Waals surface area contributed by atoms with Gasteiger partial charge in [0.15, 0.2) is 11.0 Å². The molecule has 0 saturated heterocycles. The number of carbonyl (C=O) groups is 1. The van der Waals surface area contributed by atoms with Crippen molar-refractivity contribution in [3.63, 3.8) is 0 Å². The first-order valence-corrected chi connectivity index (χ1v) is 11.7. The normalized spacial score (nSPS) is 14.9. The van der Waals surface area contributed by atoms with Gasteiger partial charge in [-0.1, -0.05) is 61.2 Å². The SMILES string of the molecule is C=CCn1c(COc2ccc(C)cc2C)nnc1SCC(=O)NC1CCCCCC1. The Bertz CT molecular complexity index is 857. The number of allylic oxidation sites excluding steroid dienone is 1. The molecule has 2 aromatic rings. The third-order valence-corrected chi connectivity index (χ3v) is 6.31. The molecule has 1 aliphatic rings. The summed E-state index contributed by atoms with van der Waals surface area (Å²) < 4.78 is 7.93. The maximum absolute atomic E-state index is 12.4. The highest BCUT2D eigenvalue weighted by atomic mass is 32.2. The van der Waals surface area contributed by atoms with Crippen LogP contribution in [0.3, 0.4) is 0 Å². The third kappa shape index (κ3) is 6.36. The predicted molar refractivity (Wildman–Crippen MR) is 121 cm³/mol. The molecule has 0 unspecified atom stereocenters. The van der Waals surface area contributed by atoms with E-state index in [0.29, 0.717) is 30.1 Å². The van der Waals surface area contributed by atoms with Gasteiger partial charge in [0, 0.05) is 12.6 Å². The zero-order chi connectivity index (χ0) is 21.3. The Hall–Kier alpha value is -2.28. The fourth-order valence-electron chi connectivity index (χ4n) is 3.77. The van der Waals surface area contributed by atoms with Crippen LogP contribution in [0.4, 0.5) is 0 Å². The molecule has 0 radical (unpaired) electrons. The fourth-order valence-corrected chi connectivity index (χ4v) is 4.55. The summed E-state index contributed by atoms with van der Waals surface area (Å²) in [5, 5.41) is 12.5. The number of nitrogens with zero attached hydrogens (tertiary/aromatic N) is 3. The van der Waals surface area contributed by atoms with E-state index < -0.39 is 0 Å². The van der Waals surface area contributed by atoms with Gasteiger partial charge in [-0.2, -0.15) is 0 Å². The Morgan fingerprint density at radius 1 is 1.27 bits per heavy atom. The molecule has 0 spiro atoms. The second-order valence-electron chi connectivity index (χ2n) is 7.90. The summed E-state index contributed by atoms with van der Waals surface area (Å²) in [5.41, 5.74) is 2.30. The van der Waals surface area contributed by atoms with Crippen LogP contribution in [0.15, 0.2) is 36.0 Å². The van der Waals surface area contributed by atoms with Crippen LogP contribution in [0, 0.1) is 13.8 Å². The third-order valence-electron chi connectivity index (χ3n) is 5.34. The van der Waals surface area contributed by atoms with Gasteiger partial charge in [-0.3, -0.25) is 9.36 Å². The fraction of sp³-hybridized carbons (Fsp3) is 0.522. The van der Waals surface area contributed by atoms with E-state index in [-0.39, 0.29) is 5.91 Å². The summed E-state index contributed by atoms with van der Waals surface area (Å²) in [6, 6.07) is 6.42. The molecule has 1 fully saturated rings. The van der Waals surface area contributed by atoms with Crippen LogP contribution in [-0.4, -0.2) is 32.5 Å². The topological polar surface area (TPSA) is 69.0 Å². The molecular formula is C23H32N4O2S. The maximum atomic E-state index is 12.4. The number of aryl methyl sites for hydroxylation is 2. The summed E-state index contributed by atoms with van der Waals surface area (Å²) in [6.45, 7) is 8.82. The summed E-state index contributed by atoms with van der Waals surface area (Å²) in [5.74, 6) is 1.96. The van der Waals surface area contributed by atoms with E-state index >= 15 is 0 Å². The first kappa shape index (κ1) is 22.4. The molecule has 6 nitrogen and oxygen atoms in total. The van der Waals surface area contributed by atoms with Gasteiger partial charge in [0.1, 0.15) is 12.4 Å². The van der Waals surface area contributed by atoms with Gasteiger partial charge in [-0.25, -0.2) is 0 Å². The van der Waals surface area contributed by atoms with E-state index in [9.17, 15) is 4.79 Å². The molecule has 1 aromatic heterocycles. The molecule has 1 amide bonds. The van der Waals surface area contributed by atoms with Crippen molar-refractivity contribution in [1.29, 1.82) is 0 Å². The van der Waals surface area contributed by atoms with Crippen molar-refractivity contribution in [3.8, 4) is 5.75 Å². The summed E-state index contributed by atoms with van der Waals surface area (Å²) >= 11 is 1.41. The molecule has 1 heterocycles. The van der Waals surface area contributed by atoms with Crippen molar-refractivity contribution in [2.24, 2.45) is 0 Å². The van der Waals surface area contributed by atoms with Gasteiger partial charge in [0.2, 0.25) is 5.91 Å². The van der Waals surface area contributed by atoms with Crippen molar-refractivity contribution in [2.75, 3.05) is 5.75 Å². The Labute approximate surface area is 183 Å². The lowest BCUT2D eigenvalue weighted by Crippen LogP contribution is -2.35. The Kier molecular flexibility index (Phi) is 8.37. The highest BCUT2D eigenvalue weighted by Crippen LogP contribution is 2.22. The average molecular weight is 429 g/mol. The molecule has 30 heavy (non-hydrogen) atoms. The molecule has 0 atom stereocenters. The molecule has 1 saturated carbocycles. The van der Waals surface area contributed by atoms with Crippen LogP contribution in [0.25, 0.3) is 0 Å². The number of hydrogen-bond donors (Lipinski definition) is 1. The molecular weight excluding hydrogens is 396 g/mol. The second-order valence-corrected chi connectivity index (χ2v) is 8.84. The van der Waals surface area contributed by atoms with Gasteiger partial charge in [-0.15, -0.1) is 16.8 Å². The van der Waals surface area contributed by atoms with Crippen LogP contribution >= 0.6 is 11.8 Å². The van der Waals surface area contributed by atoms with Gasteiger partial charge in [-0.05, 0) is 38.3 Å². The minimum absolute atomic E-state index is 0.0631. The number of nitrogens with one attached hydrogen (secondary N) is 1. The average Bonchev–Trinajstić information content (AvgIpc) is 2.91. The zero-order valence-corrected chi connectivity index (χ0v) is 18.8. The van der Waals surface area contributed by atoms with Gasteiger partial charge < -0.3 is 10.1 Å². The van der Waals surface area contributed by atoms with Gasteiger partial charge in [0.25, 0.3) is 0 Å². The zero-order valence-electron chi connectivity index (χ0n) is 18.0. The molecule has 1 N–H and O–H groups in total. The van der Waals surface area contributed by atoms with E-state index in [4.69, 9.17) is 4.74 Å². The van der Waals surface area contributed by atoms with E-state index in [0.717, 1.165) is 30.0 Å². The lowest BCUT2D eigenvalue weighted by Gasteiger charge is -2.16. The van der Waals surface area contributed by atoms with E-state index in [1.807, 2.05) is 23.6 Å². The highest BCUT2D eigenvalue weighted by Gasteiger charge is 2.17. The van der Waals surface area contributed by atoms with Crippen molar-refractivity contribution < 1.29 is 9.53 Å². The summed E-state index contributed by atoms with van der Waals surface area (Å²) in [7, 11) is 0. The van der Waals surface area contributed by atoms with Gasteiger partial charge in [0.05, 0.1) is 5.75 Å². The van der Waals surface area contributed by atoms with Gasteiger partial charge >= 0.3 is 0 Å². The van der Waals surface area contributed by atoms with Crippen LogP contribution < -0.4 is 10.1 Å². The minimum atomic E-state index is 0.0631. The highest BCUT2D eigenvalue weighted by molar-refractivity contribution is 7.99. The Morgan fingerprint density at radius 2 is 2.03 bits per heavy atom. The van der Waals surface area contributed by atoms with E-state index in [1.54, 1.807) is 6.08 Å². The standard InChI is InChI=1S/C23H32N4O2S/c1-4-13-27-21(15-29-20-12-11-17(2)14-18(20)3)25-26-23(27)30-16-22(28)24-19-9-7-5-6-8-10-19/h4,11-12,14,19H,1,5-10,13,15-16H2,2-3H3,(H,24,28). The lowest BCUT2D eigenvalue weighted by molar-refractivity contribution is -0.119. The summed E-state index contributed by atoms with van der Waals surface area (Å²) in [6.07, 6.45) is 8.94. The molecule has 1 aromatic carbocycles. The van der Waals surface area contributed by atoms with Crippen molar-refractivity contribution in [2.45, 2.75) is 76.7 Å². The number of thioether (sulfide) groups is 1. The maximum Gasteiger partial charge on any atom is 0.230 e. The number of hydrogen-bond acceptors (Lipinski definition) is 5. The number of ether oxygens (including phenoxy) is 1. The van der Waals surface area contributed by atoms with Crippen LogP contribution in [-0.2, 0) is 17.9 Å². The van der Waals surface area contributed by atoms with E-state index in [2.05, 4.69) is 35.1 Å². The van der Waals surface area contributed by atoms with Crippen LogP contribution in [0.5, 0.6) is 5.75 Å². The monoisotopic (exact) mass is 428 g/mol. The Balaban J connectivity index is 1.57. The number of benzene rings is 1. The molecule has 1 aliphatic carbocycles. The second kappa shape index (κ2) is 11.2. The lowest BCUT2D eigenvalue weighted by atomic mass is 10.1. The largest absolute Gasteiger partial charge is 0.485 e. The molecule has 3 rings (SSSR count). The minimum Gasteiger partial charge on any atom is -0.485 e. The van der Waals surface area contributed by atoms with Crippen molar-refractivity contribution >= 4 is 17.7 Å². The first-order valence-electron chi connectivity index (χ1n) is 10.7.